The Hall–Kier alpha value is -3.42. The van der Waals surface area contributed by atoms with E-state index in [4.69, 9.17) is 9.47 Å². The summed E-state index contributed by atoms with van der Waals surface area (Å²) in [6.45, 7) is 6.34. The summed E-state index contributed by atoms with van der Waals surface area (Å²) in [5.41, 5.74) is 0.0577. The van der Waals surface area contributed by atoms with Crippen LogP contribution < -0.4 is 9.64 Å². The van der Waals surface area contributed by atoms with Crippen LogP contribution in [0.5, 0.6) is 5.75 Å². The van der Waals surface area contributed by atoms with Crippen molar-refractivity contribution < 1.29 is 28.2 Å². The third-order valence-corrected chi connectivity index (χ3v) is 5.34. The summed E-state index contributed by atoms with van der Waals surface area (Å²) in [6.07, 6.45) is 0.452. The Morgan fingerprint density at radius 1 is 1.00 bits per heavy atom. The van der Waals surface area contributed by atoms with Crippen molar-refractivity contribution >= 4 is 23.6 Å². The van der Waals surface area contributed by atoms with E-state index < -0.39 is 23.2 Å². The number of carbonyl (C=O) groups excluding carboxylic acids is 3. The topological polar surface area (TPSA) is 76.2 Å². The number of rotatable bonds is 3. The highest BCUT2D eigenvalue weighted by Gasteiger charge is 2.38. The number of nitrogens with zero attached hydrogens (tertiary/aromatic N) is 2. The first-order valence-corrected chi connectivity index (χ1v) is 10.6. The van der Waals surface area contributed by atoms with Crippen molar-refractivity contribution in [1.82, 2.24) is 4.90 Å². The maximum atomic E-state index is 14.1. The fourth-order valence-corrected chi connectivity index (χ4v) is 3.84. The third-order valence-electron chi connectivity index (χ3n) is 5.34. The Balaban J connectivity index is 1.50. The third kappa shape index (κ3) is 4.30. The number of fused-ring (bicyclic) bond motifs is 1. The average Bonchev–Trinajstić information content (AvgIpc) is 2.99. The molecule has 2 aliphatic rings. The van der Waals surface area contributed by atoms with E-state index in [9.17, 15) is 18.8 Å². The van der Waals surface area contributed by atoms with E-state index in [0.29, 0.717) is 25.9 Å². The van der Waals surface area contributed by atoms with Gasteiger partial charge >= 0.3 is 6.09 Å². The second-order valence-electron chi connectivity index (χ2n) is 8.89. The zero-order valence-corrected chi connectivity index (χ0v) is 18.3. The SMILES string of the molecule is CC(C)(C)OC(=O)N1CCC(Oc2ccc(F)cc2N2C(=O)c3ccccc3C2=O)CC1. The monoisotopic (exact) mass is 440 g/mol. The van der Waals surface area contributed by atoms with Crippen LogP contribution in [0.1, 0.15) is 54.3 Å². The first-order valence-electron chi connectivity index (χ1n) is 10.6. The maximum absolute atomic E-state index is 14.1. The molecule has 0 bridgehead atoms. The van der Waals surface area contributed by atoms with E-state index in [2.05, 4.69) is 0 Å². The van der Waals surface area contributed by atoms with Crippen LogP contribution in [0.15, 0.2) is 42.5 Å². The summed E-state index contributed by atoms with van der Waals surface area (Å²) >= 11 is 0. The van der Waals surface area contributed by atoms with Crippen molar-refractivity contribution in [2.45, 2.75) is 45.3 Å². The Morgan fingerprint density at radius 3 is 2.16 bits per heavy atom. The molecule has 0 radical (unpaired) electrons. The summed E-state index contributed by atoms with van der Waals surface area (Å²) < 4.78 is 25.6. The number of hydrogen-bond donors (Lipinski definition) is 0. The molecule has 0 atom stereocenters. The Kier molecular flexibility index (Phi) is 5.62. The van der Waals surface area contributed by atoms with Crippen molar-refractivity contribution in [2.75, 3.05) is 18.0 Å². The molecule has 0 aromatic heterocycles. The van der Waals surface area contributed by atoms with Gasteiger partial charge in [-0.05, 0) is 45.0 Å². The lowest BCUT2D eigenvalue weighted by Gasteiger charge is -2.34. The normalized spacial score (nSPS) is 16.9. The van der Waals surface area contributed by atoms with Crippen LogP contribution in [0.25, 0.3) is 0 Å². The Morgan fingerprint density at radius 2 is 1.59 bits per heavy atom. The molecule has 0 aliphatic carbocycles. The van der Waals surface area contributed by atoms with Gasteiger partial charge in [0.2, 0.25) is 0 Å². The van der Waals surface area contributed by atoms with Gasteiger partial charge in [0.1, 0.15) is 23.3 Å². The number of imide groups is 1. The van der Waals surface area contributed by atoms with Crippen molar-refractivity contribution in [2.24, 2.45) is 0 Å². The number of likely N-dealkylation sites (tertiary alicyclic amines) is 1. The zero-order chi connectivity index (χ0) is 23.0. The number of benzene rings is 2. The molecule has 4 rings (SSSR count). The van der Waals surface area contributed by atoms with Crippen LogP contribution in [-0.4, -0.2) is 47.6 Å². The van der Waals surface area contributed by atoms with Gasteiger partial charge in [-0.15, -0.1) is 0 Å². The minimum Gasteiger partial charge on any atom is -0.488 e. The quantitative estimate of drug-likeness (QED) is 0.661. The number of carbonyl (C=O) groups is 3. The molecule has 0 saturated carbocycles. The number of anilines is 1. The average molecular weight is 440 g/mol. The molecule has 1 fully saturated rings. The van der Waals surface area contributed by atoms with Crippen LogP contribution in [0, 0.1) is 5.82 Å². The minimum absolute atomic E-state index is 0.0748. The van der Waals surface area contributed by atoms with Gasteiger partial charge in [-0.1, -0.05) is 12.1 Å². The highest BCUT2D eigenvalue weighted by Crippen LogP contribution is 2.36. The molecular formula is C24H25FN2O5. The Labute approximate surface area is 185 Å². The van der Waals surface area contributed by atoms with E-state index in [1.165, 1.54) is 12.1 Å². The second-order valence-corrected chi connectivity index (χ2v) is 8.89. The predicted molar refractivity (Wildman–Crippen MR) is 115 cm³/mol. The maximum Gasteiger partial charge on any atom is 0.410 e. The number of hydrogen-bond acceptors (Lipinski definition) is 5. The molecule has 2 aromatic carbocycles. The molecule has 32 heavy (non-hydrogen) atoms. The van der Waals surface area contributed by atoms with E-state index in [1.54, 1.807) is 29.2 Å². The fourth-order valence-electron chi connectivity index (χ4n) is 3.84. The first kappa shape index (κ1) is 21.8. The van der Waals surface area contributed by atoms with E-state index in [-0.39, 0.29) is 34.8 Å². The van der Waals surface area contributed by atoms with Crippen molar-refractivity contribution in [3.05, 3.63) is 59.4 Å². The van der Waals surface area contributed by atoms with Crippen molar-refractivity contribution in [3.8, 4) is 5.75 Å². The predicted octanol–water partition coefficient (Wildman–Crippen LogP) is 4.40. The standard InChI is InChI=1S/C24H25FN2O5/c1-24(2,3)32-23(30)26-12-10-16(11-13-26)31-20-9-8-15(25)14-19(20)27-21(28)17-6-4-5-7-18(17)22(27)29/h4-9,14,16H,10-13H2,1-3H3. The smallest absolute Gasteiger partial charge is 0.410 e. The highest BCUT2D eigenvalue weighted by molar-refractivity contribution is 6.34. The number of halogens is 1. The molecule has 0 unspecified atom stereocenters. The molecule has 2 aromatic rings. The fraction of sp³-hybridized carbons (Fsp3) is 0.375. The molecule has 7 nitrogen and oxygen atoms in total. The summed E-state index contributed by atoms with van der Waals surface area (Å²) in [6, 6.07) is 10.3. The lowest BCUT2D eigenvalue weighted by atomic mass is 10.1. The van der Waals surface area contributed by atoms with Crippen LogP contribution in [-0.2, 0) is 4.74 Å². The van der Waals surface area contributed by atoms with Gasteiger partial charge in [0.15, 0.2) is 0 Å². The molecule has 2 aliphatic heterocycles. The van der Waals surface area contributed by atoms with E-state index in [1.807, 2.05) is 20.8 Å². The van der Waals surface area contributed by atoms with Gasteiger partial charge in [0.05, 0.1) is 16.8 Å². The van der Waals surface area contributed by atoms with Crippen LogP contribution in [0.3, 0.4) is 0 Å². The highest BCUT2D eigenvalue weighted by atomic mass is 19.1. The lowest BCUT2D eigenvalue weighted by Crippen LogP contribution is -2.44. The summed E-state index contributed by atoms with van der Waals surface area (Å²) in [7, 11) is 0. The van der Waals surface area contributed by atoms with Crippen LogP contribution in [0.4, 0.5) is 14.9 Å². The van der Waals surface area contributed by atoms with Gasteiger partial charge in [-0.25, -0.2) is 14.1 Å². The summed E-state index contributed by atoms with van der Waals surface area (Å²) in [5.74, 6) is -1.36. The van der Waals surface area contributed by atoms with Gasteiger partial charge in [0.25, 0.3) is 11.8 Å². The minimum atomic E-state index is -0.580. The second kappa shape index (κ2) is 8.26. The summed E-state index contributed by atoms with van der Waals surface area (Å²) in [5, 5.41) is 0. The van der Waals surface area contributed by atoms with Crippen LogP contribution >= 0.6 is 0 Å². The van der Waals surface area contributed by atoms with Crippen molar-refractivity contribution in [3.63, 3.8) is 0 Å². The van der Waals surface area contributed by atoms with Gasteiger partial charge < -0.3 is 14.4 Å². The van der Waals surface area contributed by atoms with E-state index in [0.717, 1.165) is 11.0 Å². The molecule has 1 saturated heterocycles. The zero-order valence-electron chi connectivity index (χ0n) is 18.3. The van der Waals surface area contributed by atoms with Crippen molar-refractivity contribution in [1.29, 1.82) is 0 Å². The van der Waals surface area contributed by atoms with Gasteiger partial charge in [-0.3, -0.25) is 9.59 Å². The molecule has 168 valence electrons. The van der Waals surface area contributed by atoms with Gasteiger partial charge in [0, 0.05) is 32.0 Å². The largest absolute Gasteiger partial charge is 0.488 e. The molecule has 8 heteroatoms. The lowest BCUT2D eigenvalue weighted by molar-refractivity contribution is 0.0126. The summed E-state index contributed by atoms with van der Waals surface area (Å²) in [4.78, 5) is 40.6. The Bertz CT molecular complexity index is 1040. The molecule has 2 heterocycles. The number of ether oxygens (including phenoxy) is 2. The van der Waals surface area contributed by atoms with Crippen LogP contribution in [0.2, 0.25) is 0 Å². The van der Waals surface area contributed by atoms with Gasteiger partial charge in [-0.2, -0.15) is 0 Å². The molecule has 3 amide bonds. The number of piperidine rings is 1. The molecular weight excluding hydrogens is 415 g/mol. The molecule has 0 N–H and O–H groups in total. The molecule has 0 spiro atoms. The van der Waals surface area contributed by atoms with E-state index >= 15 is 0 Å². The number of amides is 3. The first-order chi connectivity index (χ1) is 15.1.